The zero-order valence-corrected chi connectivity index (χ0v) is 10.2. The molecular formula is C10H11ClN2OS. The summed E-state index contributed by atoms with van der Waals surface area (Å²) in [6.45, 7) is 3.99. The van der Waals surface area contributed by atoms with Crippen molar-refractivity contribution < 1.29 is 4.79 Å². The number of carbonyl (C=O) groups excluding carboxylic acids is 1. The number of aryl methyl sites for hydroxylation is 2. The fraction of sp³-hybridized carbons (Fsp3) is 0.400. The van der Waals surface area contributed by atoms with Crippen molar-refractivity contribution in [1.82, 2.24) is 4.37 Å². The van der Waals surface area contributed by atoms with Gasteiger partial charge >= 0.3 is 0 Å². The summed E-state index contributed by atoms with van der Waals surface area (Å²) in [6.07, 6.45) is 5.22. The highest BCUT2D eigenvalue weighted by Gasteiger charge is 2.19. The van der Waals surface area contributed by atoms with Crippen molar-refractivity contribution in [2.45, 2.75) is 13.8 Å². The zero-order valence-electron chi connectivity index (χ0n) is 8.58. The number of hydrogen-bond donors (Lipinski definition) is 0. The molecule has 0 bridgehead atoms. The van der Waals surface area contributed by atoms with E-state index in [4.69, 9.17) is 18.0 Å². The molecule has 0 atom stereocenters. The van der Waals surface area contributed by atoms with E-state index in [0.29, 0.717) is 0 Å². The van der Waals surface area contributed by atoms with Crippen LogP contribution >= 0.6 is 23.1 Å². The summed E-state index contributed by atoms with van der Waals surface area (Å²) < 4.78 is 4.17. The van der Waals surface area contributed by atoms with E-state index >= 15 is 0 Å². The van der Waals surface area contributed by atoms with E-state index in [9.17, 15) is 4.79 Å². The maximum absolute atomic E-state index is 11.6. The van der Waals surface area contributed by atoms with Crippen LogP contribution < -0.4 is 4.90 Å². The van der Waals surface area contributed by atoms with Gasteiger partial charge in [0.05, 0.1) is 17.9 Å². The molecule has 0 spiro atoms. The monoisotopic (exact) mass is 242 g/mol. The molecule has 0 aliphatic heterocycles. The van der Waals surface area contributed by atoms with Gasteiger partial charge in [0.15, 0.2) is 0 Å². The molecule has 1 amide bonds. The summed E-state index contributed by atoms with van der Waals surface area (Å²) in [7, 11) is 0. The Morgan fingerprint density at radius 2 is 2.33 bits per heavy atom. The van der Waals surface area contributed by atoms with Gasteiger partial charge in [0, 0.05) is 4.88 Å². The lowest BCUT2D eigenvalue weighted by molar-refractivity contribution is -0.116. The van der Waals surface area contributed by atoms with Gasteiger partial charge < -0.3 is 0 Å². The molecule has 1 aromatic rings. The minimum Gasteiger partial charge on any atom is -0.297 e. The molecule has 0 aliphatic carbocycles. The third-order valence-corrected chi connectivity index (χ3v) is 2.99. The van der Waals surface area contributed by atoms with Gasteiger partial charge in [0.2, 0.25) is 5.91 Å². The highest BCUT2D eigenvalue weighted by molar-refractivity contribution is 7.06. The largest absolute Gasteiger partial charge is 0.297 e. The molecule has 5 heteroatoms. The minimum absolute atomic E-state index is 0.0730. The Labute approximate surface area is 98.2 Å². The maximum Gasteiger partial charge on any atom is 0.242 e. The molecule has 0 aliphatic rings. The van der Waals surface area contributed by atoms with Gasteiger partial charge in [-0.25, -0.2) is 0 Å². The predicted molar refractivity (Wildman–Crippen MR) is 63.5 cm³/mol. The fourth-order valence-electron chi connectivity index (χ4n) is 1.32. The van der Waals surface area contributed by atoms with Gasteiger partial charge in [-0.2, -0.15) is 4.37 Å². The first-order valence-corrected chi connectivity index (χ1v) is 5.65. The summed E-state index contributed by atoms with van der Waals surface area (Å²) >= 11 is 6.88. The molecule has 0 aromatic carbocycles. The first-order valence-electron chi connectivity index (χ1n) is 4.34. The van der Waals surface area contributed by atoms with Crippen LogP contribution in [0.15, 0.2) is 0 Å². The van der Waals surface area contributed by atoms with Crippen LogP contribution in [-0.2, 0) is 4.79 Å². The van der Waals surface area contributed by atoms with E-state index in [0.717, 1.165) is 16.3 Å². The van der Waals surface area contributed by atoms with E-state index in [-0.39, 0.29) is 18.3 Å². The van der Waals surface area contributed by atoms with Crippen LogP contribution in [0, 0.1) is 26.2 Å². The second-order valence-electron chi connectivity index (χ2n) is 2.99. The predicted octanol–water partition coefficient (Wildman–Crippen LogP) is 1.96. The smallest absolute Gasteiger partial charge is 0.242 e. The van der Waals surface area contributed by atoms with Crippen molar-refractivity contribution in [2.24, 2.45) is 0 Å². The molecule has 15 heavy (non-hydrogen) atoms. The Morgan fingerprint density at radius 3 is 2.73 bits per heavy atom. The standard InChI is InChI=1S/C10H11ClN2OS/c1-4-5-13(9(14)6-11)10-7(2)12-15-8(10)3/h1H,5-6H2,2-3H3. The summed E-state index contributed by atoms with van der Waals surface area (Å²) in [5.41, 5.74) is 1.61. The highest BCUT2D eigenvalue weighted by atomic mass is 35.5. The number of anilines is 1. The van der Waals surface area contributed by atoms with Crippen LogP contribution in [0.3, 0.4) is 0 Å². The average Bonchev–Trinajstić information content (AvgIpc) is 2.55. The van der Waals surface area contributed by atoms with Gasteiger partial charge in [0.25, 0.3) is 0 Å². The lowest BCUT2D eigenvalue weighted by Gasteiger charge is -2.19. The molecule has 0 N–H and O–H groups in total. The van der Waals surface area contributed by atoms with Crippen LogP contribution in [0.25, 0.3) is 0 Å². The molecular weight excluding hydrogens is 232 g/mol. The van der Waals surface area contributed by atoms with E-state index in [1.807, 2.05) is 13.8 Å². The van der Waals surface area contributed by atoms with Crippen molar-refractivity contribution in [3.8, 4) is 12.3 Å². The molecule has 0 radical (unpaired) electrons. The van der Waals surface area contributed by atoms with E-state index < -0.39 is 0 Å². The van der Waals surface area contributed by atoms with Crippen molar-refractivity contribution in [3.63, 3.8) is 0 Å². The van der Waals surface area contributed by atoms with Gasteiger partial charge in [-0.05, 0) is 25.4 Å². The maximum atomic E-state index is 11.6. The van der Waals surface area contributed by atoms with E-state index in [1.165, 1.54) is 16.4 Å². The summed E-state index contributed by atoms with van der Waals surface area (Å²) in [5, 5.41) is 0. The number of rotatable bonds is 3. The molecule has 0 fully saturated rings. The minimum atomic E-state index is -0.194. The molecule has 80 valence electrons. The molecule has 3 nitrogen and oxygen atoms in total. The van der Waals surface area contributed by atoms with Crippen LogP contribution in [0.4, 0.5) is 5.69 Å². The van der Waals surface area contributed by atoms with E-state index in [1.54, 1.807) is 0 Å². The second-order valence-corrected chi connectivity index (χ2v) is 4.24. The van der Waals surface area contributed by atoms with Crippen molar-refractivity contribution >= 4 is 34.7 Å². The Balaban J connectivity index is 3.10. The molecule has 1 rings (SSSR count). The number of terminal acetylenes is 1. The first kappa shape index (κ1) is 12.0. The lowest BCUT2D eigenvalue weighted by Crippen LogP contribution is -2.32. The van der Waals surface area contributed by atoms with Gasteiger partial charge in [-0.15, -0.1) is 18.0 Å². The number of alkyl halides is 1. The number of nitrogens with zero attached hydrogens (tertiary/aromatic N) is 2. The van der Waals surface area contributed by atoms with E-state index in [2.05, 4.69) is 10.3 Å². The van der Waals surface area contributed by atoms with Crippen molar-refractivity contribution in [2.75, 3.05) is 17.3 Å². The van der Waals surface area contributed by atoms with Crippen LogP contribution in [0.1, 0.15) is 10.6 Å². The van der Waals surface area contributed by atoms with Crippen molar-refractivity contribution in [1.29, 1.82) is 0 Å². The number of halogens is 1. The van der Waals surface area contributed by atoms with Gasteiger partial charge in [-0.1, -0.05) is 5.92 Å². The molecule has 0 saturated heterocycles. The Hall–Kier alpha value is -1.05. The average molecular weight is 243 g/mol. The number of aromatic nitrogens is 1. The second kappa shape index (κ2) is 5.15. The molecule has 1 heterocycles. The summed E-state index contributed by atoms with van der Waals surface area (Å²) in [6, 6.07) is 0. The van der Waals surface area contributed by atoms with Crippen molar-refractivity contribution in [3.05, 3.63) is 10.6 Å². The number of carbonyl (C=O) groups is 1. The highest BCUT2D eigenvalue weighted by Crippen LogP contribution is 2.27. The fourth-order valence-corrected chi connectivity index (χ4v) is 2.17. The Kier molecular flexibility index (Phi) is 4.13. The normalized spacial score (nSPS) is 9.73. The van der Waals surface area contributed by atoms with Crippen LogP contribution in [0.5, 0.6) is 0 Å². The Bertz CT molecular complexity index is 389. The van der Waals surface area contributed by atoms with Gasteiger partial charge in [-0.3, -0.25) is 9.69 Å². The number of hydrogen-bond acceptors (Lipinski definition) is 3. The Morgan fingerprint density at radius 1 is 1.67 bits per heavy atom. The lowest BCUT2D eigenvalue weighted by atomic mass is 10.3. The summed E-state index contributed by atoms with van der Waals surface area (Å²) in [5.74, 6) is 2.18. The molecule has 0 unspecified atom stereocenters. The first-order chi connectivity index (χ1) is 7.11. The van der Waals surface area contributed by atoms with Crippen LogP contribution in [0.2, 0.25) is 0 Å². The van der Waals surface area contributed by atoms with Gasteiger partial charge in [0.1, 0.15) is 5.88 Å². The topological polar surface area (TPSA) is 33.2 Å². The quantitative estimate of drug-likeness (QED) is 0.600. The number of amides is 1. The molecule has 0 saturated carbocycles. The zero-order chi connectivity index (χ0) is 11.4. The SMILES string of the molecule is C#CCN(C(=O)CCl)c1c(C)nsc1C. The third kappa shape index (κ3) is 2.49. The molecule has 1 aromatic heterocycles. The van der Waals surface area contributed by atoms with Crippen LogP contribution in [-0.4, -0.2) is 22.7 Å². The summed E-state index contributed by atoms with van der Waals surface area (Å²) in [4.78, 5) is 14.1. The third-order valence-electron chi connectivity index (χ3n) is 1.93.